The molecule has 0 aliphatic carbocycles. The molecule has 0 saturated heterocycles. The van der Waals surface area contributed by atoms with Gasteiger partial charge in [-0.05, 0) is 32.6 Å². The van der Waals surface area contributed by atoms with E-state index < -0.39 is 8.32 Å². The van der Waals surface area contributed by atoms with E-state index in [9.17, 15) is 0 Å². The van der Waals surface area contributed by atoms with Crippen molar-refractivity contribution in [1.29, 1.82) is 5.26 Å². The first-order valence-electron chi connectivity index (χ1n) is 3.70. The van der Waals surface area contributed by atoms with Gasteiger partial charge in [0.1, 0.15) is 0 Å². The van der Waals surface area contributed by atoms with E-state index in [1.54, 1.807) is 6.08 Å². The van der Waals surface area contributed by atoms with E-state index in [-0.39, 0.29) is 6.10 Å². The third-order valence-corrected chi connectivity index (χ3v) is 1.94. The molecular weight excluding hydrogens is 154 g/mol. The number of hydrogen-bond donors (Lipinski definition) is 0. The van der Waals surface area contributed by atoms with Crippen molar-refractivity contribution >= 4 is 8.32 Å². The predicted molar refractivity (Wildman–Crippen MR) is 48.6 cm³/mol. The van der Waals surface area contributed by atoms with Gasteiger partial charge in [-0.2, -0.15) is 5.26 Å². The van der Waals surface area contributed by atoms with Gasteiger partial charge in [0, 0.05) is 0 Å². The molecule has 0 aromatic carbocycles. The van der Waals surface area contributed by atoms with Crippen LogP contribution in [-0.2, 0) is 4.43 Å². The van der Waals surface area contributed by atoms with Crippen molar-refractivity contribution in [2.75, 3.05) is 0 Å². The van der Waals surface area contributed by atoms with Gasteiger partial charge in [-0.25, -0.2) is 0 Å². The van der Waals surface area contributed by atoms with E-state index in [0.717, 1.165) is 0 Å². The first-order chi connectivity index (χ1) is 4.99. The maximum Gasteiger partial charge on any atom is 0.185 e. The summed E-state index contributed by atoms with van der Waals surface area (Å²) in [5.41, 5.74) is 0. The molecule has 0 aromatic heterocycles. The highest BCUT2D eigenvalue weighted by Crippen LogP contribution is 2.07. The van der Waals surface area contributed by atoms with Crippen molar-refractivity contribution in [3.8, 4) is 6.07 Å². The molecule has 0 bridgehead atoms. The van der Waals surface area contributed by atoms with E-state index in [0.29, 0.717) is 0 Å². The van der Waals surface area contributed by atoms with Crippen LogP contribution >= 0.6 is 0 Å². The smallest absolute Gasteiger partial charge is 0.185 e. The molecule has 1 atom stereocenters. The Labute approximate surface area is 69.6 Å². The fourth-order valence-electron chi connectivity index (χ4n) is 0.664. The molecule has 2 nitrogen and oxygen atoms in total. The van der Waals surface area contributed by atoms with E-state index in [2.05, 4.69) is 25.7 Å². The van der Waals surface area contributed by atoms with Crippen molar-refractivity contribution < 1.29 is 4.43 Å². The number of hydrogen-bond acceptors (Lipinski definition) is 2. The van der Waals surface area contributed by atoms with Crippen LogP contribution in [-0.4, -0.2) is 14.4 Å². The van der Waals surface area contributed by atoms with Crippen molar-refractivity contribution in [2.24, 2.45) is 0 Å². The molecule has 0 aromatic rings. The van der Waals surface area contributed by atoms with Crippen LogP contribution in [0, 0.1) is 11.3 Å². The number of rotatable bonds is 3. The zero-order valence-electron chi connectivity index (χ0n) is 7.59. The standard InChI is InChI=1S/C8H15NOSi/c1-5-6-8(7-9)10-11(2,3)4/h5-6,8H,1-4H3/b6-5-. The van der Waals surface area contributed by atoms with Crippen LogP contribution in [0.1, 0.15) is 6.92 Å². The minimum atomic E-state index is -1.55. The van der Waals surface area contributed by atoms with E-state index in [1.807, 2.05) is 13.0 Å². The molecule has 0 spiro atoms. The summed E-state index contributed by atoms with van der Waals surface area (Å²) in [5.74, 6) is 0. The monoisotopic (exact) mass is 169 g/mol. The third kappa shape index (κ3) is 5.83. The predicted octanol–water partition coefficient (Wildman–Crippen LogP) is 2.31. The first-order valence-corrected chi connectivity index (χ1v) is 7.10. The third-order valence-electron chi connectivity index (χ3n) is 0.975. The van der Waals surface area contributed by atoms with Crippen molar-refractivity contribution in [3.05, 3.63) is 12.2 Å². The number of nitriles is 1. The summed E-state index contributed by atoms with van der Waals surface area (Å²) in [5, 5.41) is 8.62. The molecule has 0 amide bonds. The molecule has 0 fully saturated rings. The average molecular weight is 169 g/mol. The largest absolute Gasteiger partial charge is 0.399 e. The van der Waals surface area contributed by atoms with Crippen molar-refractivity contribution in [3.63, 3.8) is 0 Å². The Balaban J connectivity index is 4.02. The maximum absolute atomic E-state index is 8.62. The lowest BCUT2D eigenvalue weighted by atomic mass is 10.4. The quantitative estimate of drug-likeness (QED) is 0.480. The molecule has 0 radical (unpaired) electrons. The Bertz CT molecular complexity index is 176. The summed E-state index contributed by atoms with van der Waals surface area (Å²) < 4.78 is 5.52. The highest BCUT2D eigenvalue weighted by atomic mass is 28.4. The fraction of sp³-hybridized carbons (Fsp3) is 0.625. The van der Waals surface area contributed by atoms with Crippen LogP contribution in [0.5, 0.6) is 0 Å². The molecule has 0 heterocycles. The topological polar surface area (TPSA) is 33.0 Å². The summed E-state index contributed by atoms with van der Waals surface area (Å²) in [6.07, 6.45) is 3.26. The Kier molecular flexibility index (Phi) is 4.09. The Morgan fingerprint density at radius 2 is 2.00 bits per heavy atom. The van der Waals surface area contributed by atoms with E-state index >= 15 is 0 Å². The van der Waals surface area contributed by atoms with Gasteiger partial charge in [0.15, 0.2) is 14.4 Å². The molecule has 11 heavy (non-hydrogen) atoms. The van der Waals surface area contributed by atoms with Gasteiger partial charge in [0.2, 0.25) is 0 Å². The normalized spacial score (nSPS) is 14.8. The number of allylic oxidation sites excluding steroid dienone is 1. The second-order valence-electron chi connectivity index (χ2n) is 3.31. The van der Waals surface area contributed by atoms with Crippen LogP contribution in [0.2, 0.25) is 19.6 Å². The van der Waals surface area contributed by atoms with E-state index in [4.69, 9.17) is 9.69 Å². The molecule has 0 saturated carbocycles. The molecule has 0 rings (SSSR count). The molecule has 1 unspecified atom stereocenters. The average Bonchev–Trinajstić information content (AvgIpc) is 1.84. The lowest BCUT2D eigenvalue weighted by Crippen LogP contribution is -2.30. The van der Waals surface area contributed by atoms with Gasteiger partial charge in [-0.3, -0.25) is 0 Å². The van der Waals surface area contributed by atoms with Gasteiger partial charge in [0.05, 0.1) is 6.07 Å². The van der Waals surface area contributed by atoms with Crippen LogP contribution in [0.3, 0.4) is 0 Å². The highest BCUT2D eigenvalue weighted by molar-refractivity contribution is 6.69. The first kappa shape index (κ1) is 10.4. The van der Waals surface area contributed by atoms with Gasteiger partial charge >= 0.3 is 0 Å². The van der Waals surface area contributed by atoms with Crippen molar-refractivity contribution in [1.82, 2.24) is 0 Å². The highest BCUT2D eigenvalue weighted by Gasteiger charge is 2.18. The number of nitrogens with zero attached hydrogens (tertiary/aromatic N) is 1. The minimum Gasteiger partial charge on any atom is -0.399 e. The summed E-state index contributed by atoms with van der Waals surface area (Å²) in [6.45, 7) is 8.10. The molecular formula is C8H15NOSi. The van der Waals surface area contributed by atoms with E-state index in [1.165, 1.54) is 0 Å². The summed E-state index contributed by atoms with van der Waals surface area (Å²) in [6, 6.07) is 2.09. The molecule has 0 N–H and O–H groups in total. The molecule has 0 aliphatic rings. The van der Waals surface area contributed by atoms with Gasteiger partial charge < -0.3 is 4.43 Å². The summed E-state index contributed by atoms with van der Waals surface area (Å²) >= 11 is 0. The van der Waals surface area contributed by atoms with Gasteiger partial charge in [-0.1, -0.05) is 6.08 Å². The van der Waals surface area contributed by atoms with Crippen LogP contribution < -0.4 is 0 Å². The summed E-state index contributed by atoms with van der Waals surface area (Å²) in [4.78, 5) is 0. The lowest BCUT2D eigenvalue weighted by Gasteiger charge is -2.19. The Morgan fingerprint density at radius 1 is 1.45 bits per heavy atom. The Hall–Kier alpha value is -0.593. The molecule has 62 valence electrons. The van der Waals surface area contributed by atoms with Crippen molar-refractivity contribution in [2.45, 2.75) is 32.7 Å². The van der Waals surface area contributed by atoms with Gasteiger partial charge in [0.25, 0.3) is 0 Å². The molecule has 3 heteroatoms. The summed E-state index contributed by atoms with van der Waals surface area (Å²) in [7, 11) is -1.55. The van der Waals surface area contributed by atoms with Crippen LogP contribution in [0.15, 0.2) is 12.2 Å². The maximum atomic E-state index is 8.62. The molecule has 0 aliphatic heterocycles. The van der Waals surface area contributed by atoms with Gasteiger partial charge in [-0.15, -0.1) is 0 Å². The minimum absolute atomic E-state index is 0.355. The Morgan fingerprint density at radius 3 is 2.27 bits per heavy atom. The fourth-order valence-corrected chi connectivity index (χ4v) is 1.56. The zero-order valence-corrected chi connectivity index (χ0v) is 8.59. The SMILES string of the molecule is C/C=C\C(C#N)O[Si](C)(C)C. The van der Waals surface area contributed by atoms with Crippen LogP contribution in [0.25, 0.3) is 0 Å². The van der Waals surface area contributed by atoms with Crippen LogP contribution in [0.4, 0.5) is 0 Å². The lowest BCUT2D eigenvalue weighted by molar-refractivity contribution is 0.296. The zero-order chi connectivity index (χ0) is 8.91. The second-order valence-corrected chi connectivity index (χ2v) is 7.77. The second kappa shape index (κ2) is 4.32.